The van der Waals surface area contributed by atoms with E-state index in [9.17, 15) is 15.0 Å². The van der Waals surface area contributed by atoms with Gasteiger partial charge in [-0.15, -0.1) is 0 Å². The number of hydrogen-bond acceptors (Lipinski definition) is 4. The van der Waals surface area contributed by atoms with E-state index in [0.717, 1.165) is 50.8 Å². The van der Waals surface area contributed by atoms with Gasteiger partial charge in [-0.3, -0.25) is 9.69 Å². The van der Waals surface area contributed by atoms with E-state index in [0.29, 0.717) is 6.04 Å². The standard InChI is InChI=1S/C20H30N2O3/c23-18-9-5-4-8-17(18)22-12-10-16(11-13-22)21-20(25)14-19(24)15-6-2-1-3-7-15/h1-3,6-7,16-19,23-24H,4-5,8-14H2,(H,21,25). The molecule has 3 rings (SSSR count). The Kier molecular flexibility index (Phi) is 6.45. The molecule has 0 bridgehead atoms. The Morgan fingerprint density at radius 1 is 1.12 bits per heavy atom. The third kappa shape index (κ3) is 5.03. The number of aliphatic hydroxyl groups is 2. The van der Waals surface area contributed by atoms with Gasteiger partial charge in [-0.2, -0.15) is 0 Å². The highest BCUT2D eigenvalue weighted by molar-refractivity contribution is 5.77. The summed E-state index contributed by atoms with van der Waals surface area (Å²) in [7, 11) is 0. The number of hydrogen-bond donors (Lipinski definition) is 3. The minimum Gasteiger partial charge on any atom is -0.391 e. The Morgan fingerprint density at radius 2 is 1.80 bits per heavy atom. The topological polar surface area (TPSA) is 72.8 Å². The summed E-state index contributed by atoms with van der Waals surface area (Å²) in [5.74, 6) is -0.0903. The van der Waals surface area contributed by atoms with Gasteiger partial charge >= 0.3 is 0 Å². The van der Waals surface area contributed by atoms with Gasteiger partial charge in [0.05, 0.1) is 18.6 Å². The van der Waals surface area contributed by atoms with Gasteiger partial charge in [0.25, 0.3) is 0 Å². The maximum absolute atomic E-state index is 12.2. The molecule has 0 aromatic heterocycles. The number of benzene rings is 1. The van der Waals surface area contributed by atoms with Gasteiger partial charge in [-0.25, -0.2) is 0 Å². The molecule has 1 amide bonds. The fourth-order valence-electron chi connectivity index (χ4n) is 4.15. The second-order valence-corrected chi connectivity index (χ2v) is 7.43. The lowest BCUT2D eigenvalue weighted by Gasteiger charge is -2.41. The molecule has 1 saturated heterocycles. The average Bonchev–Trinajstić information content (AvgIpc) is 2.63. The second-order valence-electron chi connectivity index (χ2n) is 7.43. The smallest absolute Gasteiger partial charge is 0.223 e. The first-order valence-corrected chi connectivity index (χ1v) is 9.58. The molecule has 2 aliphatic rings. The normalized spacial score (nSPS) is 27.0. The molecule has 138 valence electrons. The van der Waals surface area contributed by atoms with Crippen LogP contribution in [0.4, 0.5) is 0 Å². The molecule has 3 unspecified atom stereocenters. The van der Waals surface area contributed by atoms with Crippen LogP contribution in [0.2, 0.25) is 0 Å². The van der Waals surface area contributed by atoms with E-state index in [2.05, 4.69) is 10.2 Å². The molecule has 25 heavy (non-hydrogen) atoms. The Bertz CT molecular complexity index is 543. The Labute approximate surface area is 150 Å². The Morgan fingerprint density at radius 3 is 2.48 bits per heavy atom. The molecule has 1 heterocycles. The van der Waals surface area contributed by atoms with E-state index >= 15 is 0 Å². The van der Waals surface area contributed by atoms with Crippen LogP contribution in [-0.2, 0) is 4.79 Å². The summed E-state index contributed by atoms with van der Waals surface area (Å²) in [6.07, 6.45) is 5.32. The van der Waals surface area contributed by atoms with Crippen LogP contribution in [0.25, 0.3) is 0 Å². The summed E-state index contributed by atoms with van der Waals surface area (Å²) in [5.41, 5.74) is 0.777. The SMILES string of the molecule is O=C(CC(O)c1ccccc1)NC1CCN(C2CCCCC2O)CC1. The number of aliphatic hydroxyl groups excluding tert-OH is 2. The summed E-state index contributed by atoms with van der Waals surface area (Å²) in [5, 5.41) is 23.4. The van der Waals surface area contributed by atoms with E-state index < -0.39 is 6.10 Å². The summed E-state index contributed by atoms with van der Waals surface area (Å²) in [6, 6.07) is 9.78. The van der Waals surface area contributed by atoms with Crippen molar-refractivity contribution in [3.8, 4) is 0 Å². The average molecular weight is 346 g/mol. The molecule has 5 nitrogen and oxygen atoms in total. The fraction of sp³-hybridized carbons (Fsp3) is 0.650. The molecule has 3 atom stereocenters. The predicted octanol–water partition coefficient (Wildman–Crippen LogP) is 1.99. The fourth-order valence-corrected chi connectivity index (χ4v) is 4.15. The minimum atomic E-state index is -0.751. The van der Waals surface area contributed by atoms with Crippen LogP contribution >= 0.6 is 0 Å². The maximum Gasteiger partial charge on any atom is 0.223 e. The van der Waals surface area contributed by atoms with E-state index in [-0.39, 0.29) is 24.5 Å². The summed E-state index contributed by atoms with van der Waals surface area (Å²) >= 11 is 0. The molecule has 1 saturated carbocycles. The van der Waals surface area contributed by atoms with Crippen LogP contribution < -0.4 is 5.32 Å². The molecule has 0 radical (unpaired) electrons. The maximum atomic E-state index is 12.2. The van der Waals surface area contributed by atoms with Crippen molar-refractivity contribution in [1.29, 1.82) is 0 Å². The predicted molar refractivity (Wildman–Crippen MR) is 97.0 cm³/mol. The number of carbonyl (C=O) groups is 1. The van der Waals surface area contributed by atoms with Crippen molar-refractivity contribution in [1.82, 2.24) is 10.2 Å². The van der Waals surface area contributed by atoms with E-state index in [1.807, 2.05) is 30.3 Å². The molecule has 1 aliphatic heterocycles. The molecule has 1 aromatic rings. The van der Waals surface area contributed by atoms with Gasteiger partial charge in [0.1, 0.15) is 0 Å². The largest absolute Gasteiger partial charge is 0.391 e. The quantitative estimate of drug-likeness (QED) is 0.762. The van der Waals surface area contributed by atoms with Crippen molar-refractivity contribution in [2.75, 3.05) is 13.1 Å². The number of amides is 1. The van der Waals surface area contributed by atoms with Gasteiger partial charge in [0, 0.05) is 25.2 Å². The monoisotopic (exact) mass is 346 g/mol. The lowest BCUT2D eigenvalue weighted by Crippen LogP contribution is -2.52. The highest BCUT2D eigenvalue weighted by atomic mass is 16.3. The van der Waals surface area contributed by atoms with E-state index in [4.69, 9.17) is 0 Å². The summed E-state index contributed by atoms with van der Waals surface area (Å²) < 4.78 is 0. The Hall–Kier alpha value is -1.43. The summed E-state index contributed by atoms with van der Waals surface area (Å²) in [6.45, 7) is 1.85. The summed E-state index contributed by atoms with van der Waals surface area (Å²) in [4.78, 5) is 14.6. The van der Waals surface area contributed by atoms with Crippen molar-refractivity contribution in [2.24, 2.45) is 0 Å². The molecule has 1 aliphatic carbocycles. The van der Waals surface area contributed by atoms with Crippen LogP contribution in [0.1, 0.15) is 56.6 Å². The van der Waals surface area contributed by atoms with Crippen molar-refractivity contribution < 1.29 is 15.0 Å². The van der Waals surface area contributed by atoms with Gasteiger partial charge in [-0.1, -0.05) is 43.2 Å². The molecule has 3 N–H and O–H groups in total. The molecule has 2 fully saturated rings. The highest BCUT2D eigenvalue weighted by Gasteiger charge is 2.31. The first-order chi connectivity index (χ1) is 12.1. The van der Waals surface area contributed by atoms with Crippen molar-refractivity contribution in [3.05, 3.63) is 35.9 Å². The third-order valence-electron chi connectivity index (χ3n) is 5.62. The van der Waals surface area contributed by atoms with Gasteiger partial charge in [0.2, 0.25) is 5.91 Å². The third-order valence-corrected chi connectivity index (χ3v) is 5.62. The second kappa shape index (κ2) is 8.79. The lowest BCUT2D eigenvalue weighted by molar-refractivity contribution is -0.124. The first-order valence-electron chi connectivity index (χ1n) is 9.58. The lowest BCUT2D eigenvalue weighted by atomic mass is 9.89. The van der Waals surface area contributed by atoms with E-state index in [1.165, 1.54) is 6.42 Å². The molecule has 5 heteroatoms. The van der Waals surface area contributed by atoms with Crippen molar-refractivity contribution in [2.45, 2.75) is 69.2 Å². The van der Waals surface area contributed by atoms with Crippen LogP contribution in [0.3, 0.4) is 0 Å². The van der Waals surface area contributed by atoms with Gasteiger partial charge < -0.3 is 15.5 Å². The van der Waals surface area contributed by atoms with Crippen molar-refractivity contribution in [3.63, 3.8) is 0 Å². The first kappa shape index (κ1) is 18.4. The zero-order valence-corrected chi connectivity index (χ0v) is 14.8. The minimum absolute atomic E-state index is 0.0903. The van der Waals surface area contributed by atoms with Crippen LogP contribution in [0.15, 0.2) is 30.3 Å². The van der Waals surface area contributed by atoms with Gasteiger partial charge in [-0.05, 0) is 31.2 Å². The highest BCUT2D eigenvalue weighted by Crippen LogP contribution is 2.26. The number of rotatable bonds is 5. The van der Waals surface area contributed by atoms with Crippen LogP contribution in [-0.4, -0.2) is 52.3 Å². The number of likely N-dealkylation sites (tertiary alicyclic amines) is 1. The number of piperidine rings is 1. The molecule has 0 spiro atoms. The zero-order chi connectivity index (χ0) is 17.6. The van der Waals surface area contributed by atoms with Crippen LogP contribution in [0.5, 0.6) is 0 Å². The van der Waals surface area contributed by atoms with Crippen LogP contribution in [0, 0.1) is 0 Å². The molecular weight excluding hydrogens is 316 g/mol. The van der Waals surface area contributed by atoms with E-state index in [1.54, 1.807) is 0 Å². The van der Waals surface area contributed by atoms with Gasteiger partial charge in [0.15, 0.2) is 0 Å². The van der Waals surface area contributed by atoms with Crippen molar-refractivity contribution >= 4 is 5.91 Å². The molecular formula is C20H30N2O3. The molecule has 1 aromatic carbocycles. The number of carbonyl (C=O) groups excluding carboxylic acids is 1. The Balaban J connectivity index is 1.42. The number of nitrogens with zero attached hydrogens (tertiary/aromatic N) is 1. The zero-order valence-electron chi connectivity index (χ0n) is 14.8. The number of nitrogens with one attached hydrogen (secondary N) is 1.